The molecule has 2 aliphatic carbocycles. The van der Waals surface area contributed by atoms with Crippen molar-refractivity contribution in [3.8, 4) is 0 Å². The molecule has 2 heteroatoms. The quantitative estimate of drug-likeness (QED) is 0.614. The summed E-state index contributed by atoms with van der Waals surface area (Å²) in [5, 5.41) is -0.504. The van der Waals surface area contributed by atoms with Gasteiger partial charge in [-0.2, -0.15) is 0 Å². The van der Waals surface area contributed by atoms with Gasteiger partial charge in [0.2, 0.25) is 0 Å². The summed E-state index contributed by atoms with van der Waals surface area (Å²) in [6, 6.07) is 0. The van der Waals surface area contributed by atoms with E-state index in [1.165, 1.54) is 32.1 Å². The Kier molecular flexibility index (Phi) is 3.23. The van der Waals surface area contributed by atoms with Crippen LogP contribution in [-0.2, 0) is 0 Å². The fourth-order valence-electron chi connectivity index (χ4n) is 3.64. The molecule has 0 aromatic carbocycles. The van der Waals surface area contributed by atoms with E-state index in [2.05, 4.69) is 20.8 Å². The first-order chi connectivity index (χ1) is 7.29. The molecule has 0 aromatic heterocycles. The average Bonchev–Trinajstić information content (AvgIpc) is 2.59. The van der Waals surface area contributed by atoms with Crippen LogP contribution in [0.25, 0.3) is 0 Å². The van der Waals surface area contributed by atoms with E-state index in [4.69, 9.17) is 15.7 Å². The van der Waals surface area contributed by atoms with Gasteiger partial charge < -0.3 is 0 Å². The van der Waals surface area contributed by atoms with Gasteiger partial charge in [-0.1, -0.05) is 51.7 Å². The summed E-state index contributed by atoms with van der Waals surface area (Å²) in [5.74, 6) is 2.78. The van der Waals surface area contributed by atoms with Crippen LogP contribution in [-0.4, -0.2) is 15.7 Å². The summed E-state index contributed by atoms with van der Waals surface area (Å²) >= 11 is 0. The molecule has 0 bridgehead atoms. The van der Waals surface area contributed by atoms with Crippen molar-refractivity contribution in [1.29, 1.82) is 0 Å². The lowest BCUT2D eigenvalue weighted by Crippen LogP contribution is -2.31. The van der Waals surface area contributed by atoms with Crippen LogP contribution in [0.15, 0.2) is 0 Å². The van der Waals surface area contributed by atoms with E-state index in [0.717, 1.165) is 24.2 Å². The molecule has 0 spiro atoms. The van der Waals surface area contributed by atoms with Gasteiger partial charge >= 0.3 is 0 Å². The Morgan fingerprint density at radius 1 is 1.00 bits per heavy atom. The Morgan fingerprint density at radius 2 is 1.50 bits per heavy atom. The van der Waals surface area contributed by atoms with Crippen LogP contribution < -0.4 is 0 Å². The molecule has 0 aromatic rings. The third kappa shape index (κ3) is 2.36. The van der Waals surface area contributed by atoms with Crippen LogP contribution in [0.1, 0.15) is 59.3 Å². The van der Waals surface area contributed by atoms with Crippen molar-refractivity contribution < 1.29 is 0 Å². The topological polar surface area (TPSA) is 0 Å². The Labute approximate surface area is 104 Å². The molecule has 2 saturated carbocycles. The van der Waals surface area contributed by atoms with E-state index in [1.807, 2.05) is 0 Å². The van der Waals surface area contributed by atoms with Gasteiger partial charge in [-0.25, -0.2) is 0 Å². The van der Waals surface area contributed by atoms with Crippen molar-refractivity contribution in [2.75, 3.05) is 0 Å². The zero-order valence-corrected chi connectivity index (χ0v) is 11.1. The lowest BCUT2D eigenvalue weighted by Gasteiger charge is -2.42. The third-order valence-electron chi connectivity index (χ3n) is 5.11. The lowest BCUT2D eigenvalue weighted by atomic mass is 9.41. The molecule has 0 saturated heterocycles. The average molecular weight is 214 g/mol. The van der Waals surface area contributed by atoms with Crippen LogP contribution in [0, 0.1) is 23.2 Å². The Bertz CT molecular complexity index is 240. The predicted octanol–water partition coefficient (Wildman–Crippen LogP) is 3.70. The molecule has 0 heterocycles. The van der Waals surface area contributed by atoms with Gasteiger partial charge in [0.25, 0.3) is 0 Å². The minimum Gasteiger partial charge on any atom is -0.0941 e. The highest BCUT2D eigenvalue weighted by atomic mass is 14.4. The largest absolute Gasteiger partial charge is 0.0941 e. The molecule has 2 atom stereocenters. The Balaban J connectivity index is 1.92. The molecule has 2 fully saturated rings. The molecule has 4 radical (unpaired) electrons. The zero-order valence-electron chi connectivity index (χ0n) is 11.1. The zero-order chi connectivity index (χ0) is 12.0. The first-order valence-electron chi connectivity index (χ1n) is 6.87. The maximum atomic E-state index is 6.30. The number of fused-ring (bicyclic) bond motifs is 1. The number of rotatable bonds is 2. The van der Waals surface area contributed by atoms with Crippen molar-refractivity contribution in [3.05, 3.63) is 0 Å². The van der Waals surface area contributed by atoms with E-state index in [1.54, 1.807) is 0 Å². The molecule has 86 valence electrons. The molecule has 0 nitrogen and oxygen atoms in total. The highest BCUT2D eigenvalue weighted by molar-refractivity contribution is 6.40. The van der Waals surface area contributed by atoms with Gasteiger partial charge in [-0.15, -0.1) is 0 Å². The SMILES string of the molecule is [B]C([B])(CC1CC2CCCC2C1)C(C)(C)C. The Morgan fingerprint density at radius 3 is 1.94 bits per heavy atom. The van der Waals surface area contributed by atoms with Crippen molar-refractivity contribution >= 4 is 15.7 Å². The second-order valence-electron chi connectivity index (χ2n) is 7.28. The lowest BCUT2D eigenvalue weighted by molar-refractivity contribution is 0.284. The Hall–Kier alpha value is 0.130. The maximum Gasteiger partial charge on any atom is 0.0627 e. The molecule has 16 heavy (non-hydrogen) atoms. The van der Waals surface area contributed by atoms with Gasteiger partial charge in [-0.3, -0.25) is 0 Å². The monoisotopic (exact) mass is 214 g/mol. The van der Waals surface area contributed by atoms with Crippen molar-refractivity contribution in [2.45, 2.75) is 64.5 Å². The summed E-state index contributed by atoms with van der Waals surface area (Å²) in [6.07, 6.45) is 8.15. The minimum atomic E-state index is -0.504. The van der Waals surface area contributed by atoms with E-state index in [0.29, 0.717) is 0 Å². The molecule has 0 amide bonds. The van der Waals surface area contributed by atoms with Gasteiger partial charge in [0.1, 0.15) is 0 Å². The normalized spacial score (nSPS) is 35.3. The van der Waals surface area contributed by atoms with Gasteiger partial charge in [0.05, 0.1) is 15.7 Å². The van der Waals surface area contributed by atoms with Crippen LogP contribution in [0.3, 0.4) is 0 Å². The highest BCUT2D eigenvalue weighted by Crippen LogP contribution is 2.53. The molecular weight excluding hydrogens is 190 g/mol. The molecule has 0 N–H and O–H groups in total. The third-order valence-corrected chi connectivity index (χ3v) is 5.11. The van der Waals surface area contributed by atoms with E-state index in [9.17, 15) is 0 Å². The van der Waals surface area contributed by atoms with Crippen LogP contribution in [0.2, 0.25) is 5.21 Å². The summed E-state index contributed by atoms with van der Waals surface area (Å²) in [6.45, 7) is 6.47. The van der Waals surface area contributed by atoms with Crippen LogP contribution >= 0.6 is 0 Å². The molecular formula is C14H24B2. The fraction of sp³-hybridized carbons (Fsp3) is 1.00. The summed E-state index contributed by atoms with van der Waals surface area (Å²) in [5.41, 5.74) is 0.00466. The van der Waals surface area contributed by atoms with Crippen molar-refractivity contribution in [2.24, 2.45) is 23.2 Å². The highest BCUT2D eigenvalue weighted by Gasteiger charge is 2.41. The van der Waals surface area contributed by atoms with Gasteiger partial charge in [-0.05, 0) is 36.0 Å². The van der Waals surface area contributed by atoms with E-state index in [-0.39, 0.29) is 5.41 Å². The second kappa shape index (κ2) is 4.10. The molecule has 2 aliphatic rings. The van der Waals surface area contributed by atoms with E-state index < -0.39 is 5.21 Å². The maximum absolute atomic E-state index is 6.30. The first-order valence-corrected chi connectivity index (χ1v) is 6.87. The second-order valence-corrected chi connectivity index (χ2v) is 7.28. The van der Waals surface area contributed by atoms with Crippen molar-refractivity contribution in [3.63, 3.8) is 0 Å². The van der Waals surface area contributed by atoms with Gasteiger partial charge in [0, 0.05) is 0 Å². The van der Waals surface area contributed by atoms with E-state index >= 15 is 0 Å². The van der Waals surface area contributed by atoms with Gasteiger partial charge in [0.15, 0.2) is 0 Å². The summed E-state index contributed by atoms with van der Waals surface area (Å²) < 4.78 is 0. The fourth-order valence-corrected chi connectivity index (χ4v) is 3.64. The van der Waals surface area contributed by atoms with Crippen LogP contribution in [0.5, 0.6) is 0 Å². The standard InChI is InChI=1S/C14H24B2/c1-13(2,3)14(15,16)9-10-7-11-5-4-6-12(11)8-10/h10-12H,4-9H2,1-3H3. The van der Waals surface area contributed by atoms with Crippen molar-refractivity contribution in [1.82, 2.24) is 0 Å². The number of hydrogen-bond acceptors (Lipinski definition) is 0. The summed E-state index contributed by atoms with van der Waals surface area (Å²) in [4.78, 5) is 0. The molecule has 0 aliphatic heterocycles. The predicted molar refractivity (Wildman–Crippen MR) is 71.8 cm³/mol. The minimum absolute atomic E-state index is 0.00466. The number of hydrogen-bond donors (Lipinski definition) is 0. The first kappa shape index (κ1) is 12.6. The summed E-state index contributed by atoms with van der Waals surface area (Å²) in [7, 11) is 12.6. The molecule has 2 unspecified atom stereocenters. The van der Waals surface area contributed by atoms with Crippen LogP contribution in [0.4, 0.5) is 0 Å². The smallest absolute Gasteiger partial charge is 0.0627 e. The molecule has 2 rings (SSSR count).